The molecule has 2 saturated heterocycles. The highest BCUT2D eigenvalue weighted by Crippen LogP contribution is 2.32. The Morgan fingerprint density at radius 3 is 2.34 bits per heavy atom. The average molecular weight is 573 g/mol. The van der Waals surface area contributed by atoms with Gasteiger partial charge in [0.2, 0.25) is 0 Å². The van der Waals surface area contributed by atoms with Crippen LogP contribution in [0, 0.1) is 5.82 Å². The van der Waals surface area contributed by atoms with Gasteiger partial charge in [-0.3, -0.25) is 14.5 Å². The third-order valence-electron chi connectivity index (χ3n) is 7.04. The second-order valence-electron chi connectivity index (χ2n) is 9.82. The van der Waals surface area contributed by atoms with Gasteiger partial charge in [-0.2, -0.15) is 0 Å². The van der Waals surface area contributed by atoms with Crippen molar-refractivity contribution in [2.75, 3.05) is 38.0 Å². The summed E-state index contributed by atoms with van der Waals surface area (Å²) >= 11 is 12.4. The molecule has 206 valence electrons. The fourth-order valence-corrected chi connectivity index (χ4v) is 5.58. The number of hydrogen-bond donors (Lipinski definition) is 3. The Labute approximate surface area is 228 Å². The number of nitrogens with zero attached hydrogens (tertiary/aromatic N) is 2. The molecule has 2 heterocycles. The van der Waals surface area contributed by atoms with E-state index in [1.165, 1.54) is 31.2 Å². The molecule has 12 heteroatoms. The number of carbonyl (C=O) groups is 2. The van der Waals surface area contributed by atoms with Crippen LogP contribution in [-0.4, -0.2) is 78.0 Å². The van der Waals surface area contributed by atoms with Gasteiger partial charge in [0.25, 0.3) is 18.2 Å². The second-order valence-corrected chi connectivity index (χ2v) is 10.6. The molecule has 1 atom stereocenters. The minimum atomic E-state index is -2.68. The summed E-state index contributed by atoms with van der Waals surface area (Å²) in [5.41, 5.74) is -1.01. The Morgan fingerprint density at radius 2 is 1.76 bits per heavy atom. The van der Waals surface area contributed by atoms with Gasteiger partial charge in [0.1, 0.15) is 5.82 Å². The van der Waals surface area contributed by atoms with E-state index < -0.39 is 36.2 Å². The molecule has 0 aromatic heterocycles. The van der Waals surface area contributed by atoms with Gasteiger partial charge in [-0.25, -0.2) is 13.2 Å². The van der Waals surface area contributed by atoms with Gasteiger partial charge in [0.15, 0.2) is 5.60 Å². The molecule has 0 unspecified atom stereocenters. The van der Waals surface area contributed by atoms with Crippen LogP contribution in [-0.2, 0) is 10.4 Å². The maximum absolute atomic E-state index is 13.6. The standard InChI is InChI=1S/C26H29Cl2F3N4O3/c1-26(38,15-3-2-4-16(29)9-15)25(37)34-7-5-19(6-8-34)35-13-18(14-35)33-17-10-20(27)23(21(28)11-17)24(36)32-12-22(30)31/h2-4,9-11,18-19,22,33,38H,5-8,12-14H2,1H3,(H,32,36)/t26-/m0/s1. The number of likely N-dealkylation sites (tertiary alicyclic amines) is 2. The van der Waals surface area contributed by atoms with Gasteiger partial charge in [-0.15, -0.1) is 0 Å². The molecule has 7 nitrogen and oxygen atoms in total. The quantitative estimate of drug-likeness (QED) is 0.443. The van der Waals surface area contributed by atoms with Gasteiger partial charge in [0, 0.05) is 37.9 Å². The summed E-state index contributed by atoms with van der Waals surface area (Å²) in [6.45, 7) is 3.09. The number of benzene rings is 2. The van der Waals surface area contributed by atoms with Crippen LogP contribution in [0.2, 0.25) is 10.0 Å². The Hall–Kier alpha value is -2.53. The summed E-state index contributed by atoms with van der Waals surface area (Å²) < 4.78 is 38.4. The SMILES string of the molecule is C[C@@](O)(C(=O)N1CCC(N2CC(Nc3cc(Cl)c(C(=O)NCC(F)F)c(Cl)c3)C2)CC1)c1cccc(F)c1. The number of hydrogen-bond acceptors (Lipinski definition) is 5. The van der Waals surface area contributed by atoms with Crippen LogP contribution >= 0.6 is 23.2 Å². The first-order valence-electron chi connectivity index (χ1n) is 12.3. The van der Waals surface area contributed by atoms with E-state index in [-0.39, 0.29) is 33.3 Å². The van der Waals surface area contributed by atoms with Gasteiger partial charge in [-0.05, 0) is 49.6 Å². The molecule has 2 amide bonds. The van der Waals surface area contributed by atoms with Crippen LogP contribution in [0.3, 0.4) is 0 Å². The molecule has 2 aliphatic rings. The molecule has 38 heavy (non-hydrogen) atoms. The molecule has 2 aromatic rings. The van der Waals surface area contributed by atoms with Crippen molar-refractivity contribution in [2.24, 2.45) is 0 Å². The minimum absolute atomic E-state index is 0.0487. The van der Waals surface area contributed by atoms with E-state index >= 15 is 0 Å². The third kappa shape index (κ3) is 6.36. The van der Waals surface area contributed by atoms with Gasteiger partial charge in [0.05, 0.1) is 28.2 Å². The fraction of sp³-hybridized carbons (Fsp3) is 0.462. The maximum atomic E-state index is 13.6. The lowest BCUT2D eigenvalue weighted by Gasteiger charge is -2.48. The fourth-order valence-electron chi connectivity index (χ4n) is 4.93. The lowest BCUT2D eigenvalue weighted by atomic mass is 9.92. The minimum Gasteiger partial charge on any atom is -0.380 e. The largest absolute Gasteiger partial charge is 0.380 e. The van der Waals surface area contributed by atoms with Crippen molar-refractivity contribution < 1.29 is 27.9 Å². The Balaban J connectivity index is 1.26. The molecule has 3 N–H and O–H groups in total. The number of nitrogens with one attached hydrogen (secondary N) is 2. The third-order valence-corrected chi connectivity index (χ3v) is 7.63. The summed E-state index contributed by atoms with van der Waals surface area (Å²) in [6.07, 6.45) is -1.18. The number of rotatable bonds is 8. The number of halogens is 5. The first-order chi connectivity index (χ1) is 18.0. The molecule has 2 aromatic carbocycles. The van der Waals surface area contributed by atoms with Crippen molar-refractivity contribution in [1.29, 1.82) is 0 Å². The number of carbonyl (C=O) groups excluding carboxylic acids is 2. The number of piperidine rings is 1. The highest BCUT2D eigenvalue weighted by atomic mass is 35.5. The molecule has 0 spiro atoms. The zero-order valence-electron chi connectivity index (χ0n) is 20.7. The van der Waals surface area contributed by atoms with Crippen molar-refractivity contribution in [2.45, 2.75) is 43.9 Å². The predicted octanol–water partition coefficient (Wildman–Crippen LogP) is 4.12. The molecular weight excluding hydrogens is 544 g/mol. The Kier molecular flexibility index (Phi) is 8.76. The normalized spacial score (nSPS) is 18.7. The maximum Gasteiger partial charge on any atom is 0.258 e. The molecule has 0 aliphatic carbocycles. The van der Waals surface area contributed by atoms with Crippen molar-refractivity contribution in [1.82, 2.24) is 15.1 Å². The predicted molar refractivity (Wildman–Crippen MR) is 139 cm³/mol. The second kappa shape index (κ2) is 11.7. The Bertz CT molecular complexity index is 1160. The smallest absolute Gasteiger partial charge is 0.258 e. The van der Waals surface area contributed by atoms with Crippen LogP contribution < -0.4 is 10.6 Å². The summed E-state index contributed by atoms with van der Waals surface area (Å²) in [5, 5.41) is 16.4. The highest BCUT2D eigenvalue weighted by Gasteiger charge is 2.40. The van der Waals surface area contributed by atoms with Crippen molar-refractivity contribution in [3.8, 4) is 0 Å². The number of anilines is 1. The summed E-state index contributed by atoms with van der Waals surface area (Å²) in [7, 11) is 0. The zero-order valence-corrected chi connectivity index (χ0v) is 22.2. The lowest BCUT2D eigenvalue weighted by Crippen LogP contribution is -2.61. The zero-order chi connectivity index (χ0) is 27.6. The van der Waals surface area contributed by atoms with Crippen LogP contribution in [0.25, 0.3) is 0 Å². The van der Waals surface area contributed by atoms with Crippen LogP contribution in [0.5, 0.6) is 0 Å². The number of aliphatic hydroxyl groups is 1. The van der Waals surface area contributed by atoms with Crippen LogP contribution in [0.1, 0.15) is 35.7 Å². The van der Waals surface area contributed by atoms with Gasteiger partial charge < -0.3 is 20.6 Å². The van der Waals surface area contributed by atoms with E-state index in [1.54, 1.807) is 17.0 Å². The van der Waals surface area contributed by atoms with Crippen molar-refractivity contribution in [3.05, 3.63) is 63.4 Å². The summed E-state index contributed by atoms with van der Waals surface area (Å²) in [5.74, 6) is -1.71. The van der Waals surface area contributed by atoms with E-state index in [4.69, 9.17) is 23.2 Å². The summed E-state index contributed by atoms with van der Waals surface area (Å²) in [6, 6.07) is 8.94. The molecule has 0 radical (unpaired) electrons. The molecule has 0 bridgehead atoms. The van der Waals surface area contributed by atoms with Crippen molar-refractivity contribution in [3.63, 3.8) is 0 Å². The van der Waals surface area contributed by atoms with E-state index in [9.17, 15) is 27.9 Å². The molecular formula is C26H29Cl2F3N4O3. The van der Waals surface area contributed by atoms with Crippen molar-refractivity contribution >= 4 is 40.7 Å². The Morgan fingerprint density at radius 1 is 1.13 bits per heavy atom. The lowest BCUT2D eigenvalue weighted by molar-refractivity contribution is -0.152. The topological polar surface area (TPSA) is 84.9 Å². The summed E-state index contributed by atoms with van der Waals surface area (Å²) in [4.78, 5) is 29.0. The first-order valence-corrected chi connectivity index (χ1v) is 13.0. The van der Waals surface area contributed by atoms with Crippen LogP contribution in [0.4, 0.5) is 18.9 Å². The molecule has 2 fully saturated rings. The first kappa shape index (κ1) is 28.5. The van der Waals surface area contributed by atoms with Gasteiger partial charge >= 0.3 is 0 Å². The number of amides is 2. The van der Waals surface area contributed by atoms with E-state index in [0.29, 0.717) is 18.8 Å². The van der Waals surface area contributed by atoms with Gasteiger partial charge in [-0.1, -0.05) is 35.3 Å². The average Bonchev–Trinajstić information content (AvgIpc) is 2.84. The molecule has 0 saturated carbocycles. The monoisotopic (exact) mass is 572 g/mol. The van der Waals surface area contributed by atoms with E-state index in [0.717, 1.165) is 25.9 Å². The van der Waals surface area contributed by atoms with E-state index in [1.807, 2.05) is 0 Å². The van der Waals surface area contributed by atoms with E-state index in [2.05, 4.69) is 15.5 Å². The molecule has 2 aliphatic heterocycles. The molecule has 4 rings (SSSR count). The number of alkyl halides is 2. The highest BCUT2D eigenvalue weighted by molar-refractivity contribution is 6.40. The van der Waals surface area contributed by atoms with Crippen LogP contribution in [0.15, 0.2) is 36.4 Å².